The third-order valence-electron chi connectivity index (χ3n) is 4.71. The fourth-order valence-corrected chi connectivity index (χ4v) is 3.29. The number of amides is 1. The van der Waals surface area contributed by atoms with Crippen LogP contribution in [0.2, 0.25) is 0 Å². The molecule has 1 aromatic heterocycles. The summed E-state index contributed by atoms with van der Waals surface area (Å²) in [5.41, 5.74) is 0.847. The van der Waals surface area contributed by atoms with Gasteiger partial charge in [-0.1, -0.05) is 0 Å². The van der Waals surface area contributed by atoms with Crippen molar-refractivity contribution in [3.05, 3.63) is 18.0 Å². The van der Waals surface area contributed by atoms with Crippen LogP contribution in [0.1, 0.15) is 12.1 Å². The van der Waals surface area contributed by atoms with Crippen LogP contribution in [0.5, 0.6) is 0 Å². The summed E-state index contributed by atoms with van der Waals surface area (Å²) in [7, 11) is 1.89. The van der Waals surface area contributed by atoms with Gasteiger partial charge in [-0.3, -0.25) is 9.48 Å². The number of carbonyl (C=O) groups excluding carboxylic acids is 1. The Morgan fingerprint density at radius 1 is 1.65 bits per heavy atom. The molecule has 1 amide bonds. The van der Waals surface area contributed by atoms with Gasteiger partial charge in [0.15, 0.2) is 0 Å². The molecule has 2 fully saturated rings. The zero-order valence-electron chi connectivity index (χ0n) is 11.8. The first kappa shape index (κ1) is 13.6. The number of ether oxygens (including phenoxy) is 1. The number of aliphatic hydroxyl groups is 1. The van der Waals surface area contributed by atoms with Gasteiger partial charge in [0.2, 0.25) is 5.91 Å². The number of fused-ring (bicyclic) bond motifs is 1. The zero-order valence-corrected chi connectivity index (χ0v) is 11.8. The molecule has 6 nitrogen and oxygen atoms in total. The normalized spacial score (nSPS) is 28.9. The van der Waals surface area contributed by atoms with Crippen molar-refractivity contribution in [2.24, 2.45) is 18.4 Å². The van der Waals surface area contributed by atoms with Crippen LogP contribution in [0.25, 0.3) is 0 Å². The molecule has 2 aliphatic heterocycles. The van der Waals surface area contributed by atoms with Crippen LogP contribution in [-0.4, -0.2) is 58.6 Å². The number of carbonyl (C=O) groups is 1. The molecule has 3 heterocycles. The Bertz CT molecular complexity index is 502. The first-order chi connectivity index (χ1) is 9.64. The maximum Gasteiger partial charge on any atom is 0.222 e. The van der Waals surface area contributed by atoms with E-state index >= 15 is 0 Å². The Kier molecular flexibility index (Phi) is 3.52. The summed E-state index contributed by atoms with van der Waals surface area (Å²) in [5.74, 6) is 0.446. The van der Waals surface area contributed by atoms with Crippen molar-refractivity contribution in [2.75, 3.05) is 32.9 Å². The van der Waals surface area contributed by atoms with E-state index < -0.39 is 0 Å². The molecule has 2 atom stereocenters. The Hall–Kier alpha value is -1.40. The van der Waals surface area contributed by atoms with E-state index in [-0.39, 0.29) is 23.8 Å². The summed E-state index contributed by atoms with van der Waals surface area (Å²) in [6.45, 7) is 2.66. The van der Waals surface area contributed by atoms with E-state index in [0.717, 1.165) is 5.69 Å². The Morgan fingerprint density at radius 2 is 2.50 bits per heavy atom. The molecule has 6 heteroatoms. The molecule has 3 rings (SSSR count). The van der Waals surface area contributed by atoms with Crippen molar-refractivity contribution in [1.82, 2.24) is 14.7 Å². The van der Waals surface area contributed by atoms with E-state index in [1.54, 1.807) is 10.9 Å². The molecule has 1 aromatic rings. The van der Waals surface area contributed by atoms with Gasteiger partial charge in [0.25, 0.3) is 0 Å². The summed E-state index contributed by atoms with van der Waals surface area (Å²) in [6.07, 6.45) is 2.95. The van der Waals surface area contributed by atoms with E-state index in [1.807, 2.05) is 18.0 Å². The number of aliphatic hydroxyl groups excluding tert-OH is 1. The van der Waals surface area contributed by atoms with Gasteiger partial charge in [-0.2, -0.15) is 5.10 Å². The van der Waals surface area contributed by atoms with Crippen LogP contribution >= 0.6 is 0 Å². The van der Waals surface area contributed by atoms with E-state index in [0.29, 0.717) is 39.1 Å². The number of hydrogen-bond acceptors (Lipinski definition) is 4. The largest absolute Gasteiger partial charge is 0.396 e. The topological polar surface area (TPSA) is 67.6 Å². The number of nitrogens with zero attached hydrogens (tertiary/aromatic N) is 3. The molecule has 20 heavy (non-hydrogen) atoms. The van der Waals surface area contributed by atoms with Gasteiger partial charge in [0.1, 0.15) is 0 Å². The summed E-state index contributed by atoms with van der Waals surface area (Å²) in [4.78, 5) is 14.2. The molecule has 0 aromatic carbocycles. The highest BCUT2D eigenvalue weighted by Gasteiger charge is 2.51. The Morgan fingerprint density at radius 3 is 3.15 bits per heavy atom. The number of aryl methyl sites for hydroxylation is 2. The molecular formula is C14H21N3O3. The Labute approximate surface area is 118 Å². The van der Waals surface area contributed by atoms with Crippen LogP contribution in [0, 0.1) is 11.3 Å². The lowest BCUT2D eigenvalue weighted by Gasteiger charge is -2.24. The predicted octanol–water partition coefficient (Wildman–Crippen LogP) is -0.180. The van der Waals surface area contributed by atoms with Crippen molar-refractivity contribution in [1.29, 1.82) is 0 Å². The number of likely N-dealkylation sites (tertiary alicyclic amines) is 1. The van der Waals surface area contributed by atoms with E-state index in [2.05, 4.69) is 5.10 Å². The number of rotatable bonds is 4. The second-order valence-corrected chi connectivity index (χ2v) is 5.95. The van der Waals surface area contributed by atoms with E-state index in [4.69, 9.17) is 4.74 Å². The van der Waals surface area contributed by atoms with Crippen LogP contribution in [0.3, 0.4) is 0 Å². The van der Waals surface area contributed by atoms with Gasteiger partial charge < -0.3 is 14.7 Å². The van der Waals surface area contributed by atoms with Crippen molar-refractivity contribution in [3.63, 3.8) is 0 Å². The molecule has 0 bridgehead atoms. The lowest BCUT2D eigenvalue weighted by Crippen LogP contribution is -2.36. The van der Waals surface area contributed by atoms with E-state index in [1.165, 1.54) is 0 Å². The fraction of sp³-hybridized carbons (Fsp3) is 0.714. The first-order valence-corrected chi connectivity index (χ1v) is 7.08. The zero-order chi connectivity index (χ0) is 14.2. The minimum absolute atomic E-state index is 0.100. The maximum absolute atomic E-state index is 12.3. The monoisotopic (exact) mass is 279 g/mol. The van der Waals surface area contributed by atoms with Gasteiger partial charge in [-0.05, 0) is 12.5 Å². The molecule has 2 aliphatic rings. The minimum Gasteiger partial charge on any atom is -0.396 e. The smallest absolute Gasteiger partial charge is 0.222 e. The van der Waals surface area contributed by atoms with Crippen LogP contribution < -0.4 is 0 Å². The summed E-state index contributed by atoms with van der Waals surface area (Å²) >= 11 is 0. The summed E-state index contributed by atoms with van der Waals surface area (Å²) < 4.78 is 7.26. The predicted molar refractivity (Wildman–Crippen MR) is 71.9 cm³/mol. The highest BCUT2D eigenvalue weighted by molar-refractivity contribution is 5.77. The van der Waals surface area contributed by atoms with Gasteiger partial charge in [-0.15, -0.1) is 0 Å². The van der Waals surface area contributed by atoms with Gasteiger partial charge in [0, 0.05) is 49.8 Å². The van der Waals surface area contributed by atoms with E-state index in [9.17, 15) is 9.90 Å². The average molecular weight is 279 g/mol. The number of aromatic nitrogens is 2. The highest BCUT2D eigenvalue weighted by atomic mass is 16.5. The summed E-state index contributed by atoms with van der Waals surface area (Å²) in [6, 6.07) is 1.94. The SMILES string of the molecule is Cn1nccc1CCC(=O)N1C[C@H]2COC[C@@]2(CO)C1. The maximum atomic E-state index is 12.3. The van der Waals surface area contributed by atoms with Gasteiger partial charge >= 0.3 is 0 Å². The molecule has 0 saturated carbocycles. The van der Waals surface area contributed by atoms with Crippen molar-refractivity contribution in [3.8, 4) is 0 Å². The minimum atomic E-state index is -0.220. The second-order valence-electron chi connectivity index (χ2n) is 5.95. The van der Waals surface area contributed by atoms with Crippen LogP contribution in [0.4, 0.5) is 0 Å². The van der Waals surface area contributed by atoms with Crippen molar-refractivity contribution < 1.29 is 14.6 Å². The standard InChI is InChI=1S/C14H21N3O3/c1-16-12(4-5-15-16)2-3-13(19)17-6-11-7-20-10-14(11,8-17)9-18/h4-5,11,18H,2-3,6-10H2,1H3/t11-,14-/m0/s1. The van der Waals surface area contributed by atoms with Crippen molar-refractivity contribution >= 4 is 5.91 Å². The molecule has 0 aliphatic carbocycles. The quantitative estimate of drug-likeness (QED) is 0.830. The molecular weight excluding hydrogens is 258 g/mol. The number of hydrogen-bond donors (Lipinski definition) is 1. The fourth-order valence-electron chi connectivity index (χ4n) is 3.29. The third-order valence-corrected chi connectivity index (χ3v) is 4.71. The molecule has 0 spiro atoms. The third kappa shape index (κ3) is 2.23. The van der Waals surface area contributed by atoms with Crippen LogP contribution in [0.15, 0.2) is 12.3 Å². The van der Waals surface area contributed by atoms with Crippen LogP contribution in [-0.2, 0) is 23.0 Å². The molecule has 110 valence electrons. The van der Waals surface area contributed by atoms with Crippen molar-refractivity contribution in [2.45, 2.75) is 12.8 Å². The molecule has 0 radical (unpaired) electrons. The molecule has 2 saturated heterocycles. The highest BCUT2D eigenvalue weighted by Crippen LogP contribution is 2.40. The van der Waals surface area contributed by atoms with Gasteiger partial charge in [-0.25, -0.2) is 0 Å². The lowest BCUT2D eigenvalue weighted by molar-refractivity contribution is -0.131. The summed E-state index contributed by atoms with van der Waals surface area (Å²) in [5, 5.41) is 13.7. The Balaban J connectivity index is 1.58. The second kappa shape index (κ2) is 5.18. The van der Waals surface area contributed by atoms with Gasteiger partial charge in [0.05, 0.1) is 19.8 Å². The lowest BCUT2D eigenvalue weighted by atomic mass is 9.82. The molecule has 1 N–H and O–H groups in total. The first-order valence-electron chi connectivity index (χ1n) is 7.08. The molecule has 0 unspecified atom stereocenters. The average Bonchev–Trinajstić information content (AvgIpc) is 3.09.